The summed E-state index contributed by atoms with van der Waals surface area (Å²) in [6.45, 7) is 3.81. The number of carbonyl (C=O) groups is 3. The molecule has 0 saturated heterocycles. The molecule has 0 atom stereocenters. The second kappa shape index (κ2) is 9.79. The molecule has 0 spiro atoms. The summed E-state index contributed by atoms with van der Waals surface area (Å²) in [5.41, 5.74) is 6.55. The highest BCUT2D eigenvalue weighted by molar-refractivity contribution is 5.95. The molecule has 2 amide bonds. The molecule has 0 radical (unpaired) electrons. The minimum Gasteiger partial charge on any atom is -0.478 e. The zero-order chi connectivity index (χ0) is 24.2. The lowest BCUT2D eigenvalue weighted by molar-refractivity contribution is -0.116. The number of carboxylic acids is 1. The van der Waals surface area contributed by atoms with Gasteiger partial charge in [0.2, 0.25) is 5.91 Å². The van der Waals surface area contributed by atoms with Gasteiger partial charge in [0.1, 0.15) is 6.61 Å². The highest BCUT2D eigenvalue weighted by Crippen LogP contribution is 2.44. The SMILES string of the molecule is Cc1cc(NC(=O)CCNC(=O)OCC2c3ccccc3-c3ccccc32)cc(C(=O)O)c1C. The fourth-order valence-corrected chi connectivity index (χ4v) is 4.30. The number of anilines is 1. The molecule has 0 heterocycles. The van der Waals surface area contributed by atoms with Crippen LogP contribution in [0.4, 0.5) is 10.5 Å². The van der Waals surface area contributed by atoms with Crippen LogP contribution in [0.25, 0.3) is 11.1 Å². The molecule has 0 bridgehead atoms. The first kappa shape index (κ1) is 23.0. The molecule has 0 aromatic heterocycles. The molecule has 7 nitrogen and oxygen atoms in total. The predicted octanol–water partition coefficient (Wildman–Crippen LogP) is 4.87. The van der Waals surface area contributed by atoms with Crippen LogP contribution in [0, 0.1) is 13.8 Å². The van der Waals surface area contributed by atoms with E-state index in [0.29, 0.717) is 11.3 Å². The summed E-state index contributed by atoms with van der Waals surface area (Å²) in [4.78, 5) is 35.9. The van der Waals surface area contributed by atoms with Crippen LogP contribution in [0.5, 0.6) is 0 Å². The first-order valence-electron chi connectivity index (χ1n) is 11.1. The second-order valence-electron chi connectivity index (χ2n) is 8.32. The third-order valence-corrected chi connectivity index (χ3v) is 6.15. The molecular weight excluding hydrogens is 432 g/mol. The Morgan fingerprint density at radius 1 is 0.941 bits per heavy atom. The minimum absolute atomic E-state index is 0.0273. The van der Waals surface area contributed by atoms with Crippen LogP contribution in [0.1, 0.15) is 45.0 Å². The van der Waals surface area contributed by atoms with Crippen LogP contribution in [0.15, 0.2) is 60.7 Å². The maximum absolute atomic E-state index is 12.3. The van der Waals surface area contributed by atoms with Crippen molar-refractivity contribution in [1.29, 1.82) is 0 Å². The molecule has 0 aliphatic heterocycles. The van der Waals surface area contributed by atoms with Crippen LogP contribution in [-0.2, 0) is 9.53 Å². The number of fused-ring (bicyclic) bond motifs is 3. The molecule has 1 aliphatic rings. The number of aromatic carboxylic acids is 1. The largest absolute Gasteiger partial charge is 0.478 e. The number of nitrogens with one attached hydrogen (secondary N) is 2. The maximum Gasteiger partial charge on any atom is 0.407 e. The van der Waals surface area contributed by atoms with Crippen molar-refractivity contribution in [3.05, 3.63) is 88.5 Å². The third-order valence-electron chi connectivity index (χ3n) is 6.15. The van der Waals surface area contributed by atoms with Crippen LogP contribution >= 0.6 is 0 Å². The summed E-state index contributed by atoms with van der Waals surface area (Å²) in [7, 11) is 0. The number of hydrogen-bond acceptors (Lipinski definition) is 4. The fraction of sp³-hybridized carbons (Fsp3) is 0.222. The standard InChI is InChI=1S/C27H26N2O5/c1-16-13-18(14-23(17(16)2)26(31)32)29-25(30)11-12-28-27(33)34-15-24-21-9-5-3-7-19(21)20-8-4-6-10-22(20)24/h3-10,13-14,24H,11-12,15H2,1-2H3,(H,28,33)(H,29,30)(H,31,32). The number of carboxylic acid groups (broad SMARTS) is 1. The van der Waals surface area contributed by atoms with E-state index in [4.69, 9.17) is 4.74 Å². The Bertz CT molecular complexity index is 1220. The van der Waals surface area contributed by atoms with E-state index in [-0.39, 0.29) is 37.0 Å². The topological polar surface area (TPSA) is 105 Å². The molecule has 3 N–H and O–H groups in total. The van der Waals surface area contributed by atoms with Crippen molar-refractivity contribution in [3.63, 3.8) is 0 Å². The summed E-state index contributed by atoms with van der Waals surface area (Å²) in [5.74, 6) is -1.41. The van der Waals surface area contributed by atoms with Crippen LogP contribution < -0.4 is 10.6 Å². The number of aryl methyl sites for hydroxylation is 1. The molecule has 7 heteroatoms. The number of rotatable bonds is 7. The van der Waals surface area contributed by atoms with Gasteiger partial charge in [-0.05, 0) is 59.4 Å². The lowest BCUT2D eigenvalue weighted by Crippen LogP contribution is -2.29. The first-order valence-corrected chi connectivity index (χ1v) is 11.1. The molecular formula is C27H26N2O5. The van der Waals surface area contributed by atoms with E-state index in [1.165, 1.54) is 6.07 Å². The summed E-state index contributed by atoms with van der Waals surface area (Å²) in [5, 5.41) is 14.6. The normalized spacial score (nSPS) is 11.9. The highest BCUT2D eigenvalue weighted by atomic mass is 16.5. The quantitative estimate of drug-likeness (QED) is 0.469. The molecule has 34 heavy (non-hydrogen) atoms. The predicted molar refractivity (Wildman–Crippen MR) is 129 cm³/mol. The number of carbonyl (C=O) groups excluding carboxylic acids is 2. The lowest BCUT2D eigenvalue weighted by atomic mass is 9.98. The average molecular weight is 459 g/mol. The Morgan fingerprint density at radius 3 is 2.18 bits per heavy atom. The Labute approximate surface area is 197 Å². The third kappa shape index (κ3) is 4.78. The van der Waals surface area contributed by atoms with Gasteiger partial charge in [0.15, 0.2) is 0 Å². The summed E-state index contributed by atoms with van der Waals surface area (Å²) < 4.78 is 5.46. The zero-order valence-corrected chi connectivity index (χ0v) is 19.1. The van der Waals surface area contributed by atoms with Crippen molar-refractivity contribution in [1.82, 2.24) is 5.32 Å². The summed E-state index contributed by atoms with van der Waals surface area (Å²) in [6.07, 6.45) is -0.562. The van der Waals surface area contributed by atoms with Crippen molar-refractivity contribution in [2.75, 3.05) is 18.5 Å². The Hall–Kier alpha value is -4.13. The van der Waals surface area contributed by atoms with E-state index >= 15 is 0 Å². The molecule has 1 aliphatic carbocycles. The average Bonchev–Trinajstić information content (AvgIpc) is 3.13. The van der Waals surface area contributed by atoms with Gasteiger partial charge in [-0.2, -0.15) is 0 Å². The van der Waals surface area contributed by atoms with Crippen molar-refractivity contribution >= 4 is 23.7 Å². The van der Waals surface area contributed by atoms with Gasteiger partial charge in [0.05, 0.1) is 5.56 Å². The number of amides is 2. The highest BCUT2D eigenvalue weighted by Gasteiger charge is 2.29. The van der Waals surface area contributed by atoms with Gasteiger partial charge in [-0.15, -0.1) is 0 Å². The molecule has 0 fully saturated rings. The van der Waals surface area contributed by atoms with E-state index in [9.17, 15) is 19.5 Å². The second-order valence-corrected chi connectivity index (χ2v) is 8.32. The smallest absolute Gasteiger partial charge is 0.407 e. The molecule has 0 saturated carbocycles. The van der Waals surface area contributed by atoms with Gasteiger partial charge >= 0.3 is 12.1 Å². The van der Waals surface area contributed by atoms with E-state index in [1.807, 2.05) is 36.4 Å². The lowest BCUT2D eigenvalue weighted by Gasteiger charge is -2.14. The van der Waals surface area contributed by atoms with E-state index in [1.54, 1.807) is 19.9 Å². The van der Waals surface area contributed by atoms with Crippen LogP contribution in [0.3, 0.4) is 0 Å². The number of ether oxygens (including phenoxy) is 1. The van der Waals surface area contributed by atoms with Crippen molar-refractivity contribution in [3.8, 4) is 11.1 Å². The molecule has 3 aromatic carbocycles. The zero-order valence-electron chi connectivity index (χ0n) is 19.1. The number of benzene rings is 3. The molecule has 4 rings (SSSR count). The van der Waals surface area contributed by atoms with Crippen molar-refractivity contribution in [2.45, 2.75) is 26.2 Å². The number of hydrogen-bond donors (Lipinski definition) is 3. The van der Waals surface area contributed by atoms with E-state index in [2.05, 4.69) is 22.8 Å². The van der Waals surface area contributed by atoms with Gasteiger partial charge in [-0.3, -0.25) is 4.79 Å². The summed E-state index contributed by atoms with van der Waals surface area (Å²) >= 11 is 0. The monoisotopic (exact) mass is 458 g/mol. The van der Waals surface area contributed by atoms with E-state index in [0.717, 1.165) is 27.8 Å². The molecule has 0 unspecified atom stereocenters. The van der Waals surface area contributed by atoms with Crippen LogP contribution in [0.2, 0.25) is 0 Å². The van der Waals surface area contributed by atoms with Gasteiger partial charge in [-0.1, -0.05) is 48.5 Å². The number of alkyl carbamates (subject to hydrolysis) is 1. The van der Waals surface area contributed by atoms with E-state index < -0.39 is 12.1 Å². The molecule has 3 aromatic rings. The van der Waals surface area contributed by atoms with Gasteiger partial charge in [0.25, 0.3) is 0 Å². The van der Waals surface area contributed by atoms with Gasteiger partial charge in [0, 0.05) is 24.6 Å². The molecule has 174 valence electrons. The Kier molecular flexibility index (Phi) is 6.63. The Balaban J connectivity index is 1.28. The maximum atomic E-state index is 12.3. The summed E-state index contributed by atoms with van der Waals surface area (Å²) in [6, 6.07) is 19.3. The first-order chi connectivity index (χ1) is 16.3. The van der Waals surface area contributed by atoms with Gasteiger partial charge < -0.3 is 20.5 Å². The Morgan fingerprint density at radius 2 is 1.56 bits per heavy atom. The van der Waals surface area contributed by atoms with Crippen molar-refractivity contribution in [2.24, 2.45) is 0 Å². The van der Waals surface area contributed by atoms with Crippen molar-refractivity contribution < 1.29 is 24.2 Å². The van der Waals surface area contributed by atoms with Crippen LogP contribution in [-0.4, -0.2) is 36.2 Å². The fourth-order valence-electron chi connectivity index (χ4n) is 4.30. The van der Waals surface area contributed by atoms with Gasteiger partial charge in [-0.25, -0.2) is 9.59 Å². The minimum atomic E-state index is -1.05.